The Bertz CT molecular complexity index is 1340. The molecule has 2 saturated heterocycles. The van der Waals surface area contributed by atoms with E-state index in [0.29, 0.717) is 38.6 Å². The maximum absolute atomic E-state index is 14.2. The molecule has 44 heavy (non-hydrogen) atoms. The Balaban J connectivity index is 1.36. The third-order valence-electron chi connectivity index (χ3n) is 9.01. The first-order valence-electron chi connectivity index (χ1n) is 15.9. The van der Waals surface area contributed by atoms with Crippen LogP contribution in [0.1, 0.15) is 65.3 Å². The Morgan fingerprint density at radius 2 is 1.80 bits per heavy atom. The van der Waals surface area contributed by atoms with E-state index in [4.69, 9.17) is 9.72 Å². The average Bonchev–Trinajstić information content (AvgIpc) is 3.19. The monoisotopic (exact) mass is 608 g/mol. The molecule has 3 aliphatic heterocycles. The van der Waals surface area contributed by atoms with E-state index < -0.39 is 5.60 Å². The van der Waals surface area contributed by atoms with Gasteiger partial charge in [-0.1, -0.05) is 26.0 Å². The second-order valence-corrected chi connectivity index (χ2v) is 14.5. The van der Waals surface area contributed by atoms with Crippen LogP contribution in [-0.2, 0) is 21.4 Å². The van der Waals surface area contributed by atoms with Crippen molar-refractivity contribution >= 4 is 17.7 Å². The van der Waals surface area contributed by atoms with Crippen LogP contribution < -0.4 is 10.2 Å². The molecule has 1 aromatic heterocycles. The van der Waals surface area contributed by atoms with Crippen molar-refractivity contribution in [2.24, 2.45) is 0 Å². The molecule has 10 heteroatoms. The van der Waals surface area contributed by atoms with Gasteiger partial charge in [0.1, 0.15) is 11.4 Å². The van der Waals surface area contributed by atoms with Crippen LogP contribution in [0, 0.1) is 5.82 Å². The van der Waals surface area contributed by atoms with Crippen LogP contribution in [0.15, 0.2) is 36.5 Å². The molecule has 3 atom stereocenters. The first kappa shape index (κ1) is 32.2. The first-order chi connectivity index (χ1) is 20.7. The van der Waals surface area contributed by atoms with E-state index in [9.17, 15) is 14.0 Å². The van der Waals surface area contributed by atoms with Crippen LogP contribution >= 0.6 is 0 Å². The van der Waals surface area contributed by atoms with Gasteiger partial charge in [-0.25, -0.2) is 9.18 Å². The molecule has 5 rings (SSSR count). The highest BCUT2D eigenvalue weighted by molar-refractivity contribution is 5.83. The number of piperazine rings is 2. The number of fused-ring (bicyclic) bond motifs is 1. The minimum absolute atomic E-state index is 0.0565. The van der Waals surface area contributed by atoms with Crippen LogP contribution in [0.2, 0.25) is 0 Å². The summed E-state index contributed by atoms with van der Waals surface area (Å²) in [5.74, 6) is -0.195. The number of halogens is 1. The van der Waals surface area contributed by atoms with Crippen molar-refractivity contribution < 1.29 is 18.7 Å². The van der Waals surface area contributed by atoms with Gasteiger partial charge in [0.2, 0.25) is 5.91 Å². The van der Waals surface area contributed by atoms with Gasteiger partial charge in [0.05, 0.1) is 24.0 Å². The Hall–Kier alpha value is -3.24. The summed E-state index contributed by atoms with van der Waals surface area (Å²) in [6, 6.07) is 8.71. The van der Waals surface area contributed by atoms with Gasteiger partial charge < -0.3 is 24.8 Å². The van der Waals surface area contributed by atoms with Crippen LogP contribution in [0.4, 0.5) is 14.9 Å². The Morgan fingerprint density at radius 1 is 1.07 bits per heavy atom. The Labute approximate surface area is 261 Å². The highest BCUT2D eigenvalue weighted by Gasteiger charge is 2.42. The quantitative estimate of drug-likeness (QED) is 0.530. The number of carbonyl (C=O) groups excluding carboxylic acids is 2. The van der Waals surface area contributed by atoms with Gasteiger partial charge in [0.25, 0.3) is 0 Å². The van der Waals surface area contributed by atoms with Crippen molar-refractivity contribution in [2.45, 2.75) is 84.0 Å². The third kappa shape index (κ3) is 7.34. The van der Waals surface area contributed by atoms with E-state index in [1.807, 2.05) is 38.8 Å². The van der Waals surface area contributed by atoms with E-state index in [1.165, 1.54) is 12.1 Å². The fourth-order valence-corrected chi connectivity index (χ4v) is 6.72. The summed E-state index contributed by atoms with van der Waals surface area (Å²) >= 11 is 0. The van der Waals surface area contributed by atoms with Crippen LogP contribution in [0.25, 0.3) is 0 Å². The third-order valence-corrected chi connectivity index (χ3v) is 9.01. The summed E-state index contributed by atoms with van der Waals surface area (Å²) in [7, 11) is 0. The fraction of sp³-hybridized carbons (Fsp3) is 0.618. The second kappa shape index (κ2) is 12.6. The lowest BCUT2D eigenvalue weighted by Gasteiger charge is -2.48. The molecular formula is C34H49FN6O3. The number of aromatic nitrogens is 1. The fourth-order valence-electron chi connectivity index (χ4n) is 6.72. The second-order valence-electron chi connectivity index (χ2n) is 14.5. The van der Waals surface area contributed by atoms with Gasteiger partial charge in [-0.2, -0.15) is 0 Å². The van der Waals surface area contributed by atoms with Crippen LogP contribution in [0.5, 0.6) is 0 Å². The number of amides is 2. The lowest BCUT2D eigenvalue weighted by molar-refractivity contribution is -0.137. The number of anilines is 1. The molecule has 1 unspecified atom stereocenters. The van der Waals surface area contributed by atoms with Gasteiger partial charge in [0, 0.05) is 69.5 Å². The standard InChI is InChI=1S/C34H49FN6O3/c1-23-16-36-12-13-38(23)19-28-20-40(32(43)44-33(3,4)5)24(2)18-41(28)30(42)21-39-22-34(6,7)31-29(39)15-26(17-37-31)14-25-8-10-27(35)11-9-25/h8-11,15,17,23-24,28,36H,12-14,16,18-22H2,1-7H3/t23?,24-,28+/m1/s1. The zero-order chi connectivity index (χ0) is 31.8. The molecule has 0 aliphatic carbocycles. The summed E-state index contributed by atoms with van der Waals surface area (Å²) in [6.45, 7) is 19.4. The summed E-state index contributed by atoms with van der Waals surface area (Å²) in [6.07, 6.45) is 2.21. The molecule has 2 aromatic rings. The zero-order valence-corrected chi connectivity index (χ0v) is 27.4. The number of hydrogen-bond donors (Lipinski definition) is 1. The molecule has 0 saturated carbocycles. The largest absolute Gasteiger partial charge is 0.444 e. The molecule has 0 spiro atoms. The average molecular weight is 609 g/mol. The van der Waals surface area contributed by atoms with Gasteiger partial charge in [-0.15, -0.1) is 0 Å². The van der Waals surface area contributed by atoms with Gasteiger partial charge in [0.15, 0.2) is 0 Å². The topological polar surface area (TPSA) is 81.2 Å². The summed E-state index contributed by atoms with van der Waals surface area (Å²) in [5, 5.41) is 3.45. The van der Waals surface area contributed by atoms with Crippen LogP contribution in [-0.4, -0.2) is 108 Å². The first-order valence-corrected chi connectivity index (χ1v) is 15.9. The molecule has 2 amide bonds. The van der Waals surface area contributed by atoms with Crippen molar-refractivity contribution in [3.63, 3.8) is 0 Å². The number of ether oxygens (including phenoxy) is 1. The summed E-state index contributed by atoms with van der Waals surface area (Å²) in [5.41, 5.74) is 3.21. The van der Waals surface area contributed by atoms with E-state index >= 15 is 0 Å². The number of nitrogens with one attached hydrogen (secondary N) is 1. The molecule has 0 radical (unpaired) electrons. The summed E-state index contributed by atoms with van der Waals surface area (Å²) in [4.78, 5) is 40.7. The normalized spacial score (nSPS) is 23.9. The van der Waals surface area contributed by atoms with Gasteiger partial charge in [-0.3, -0.25) is 14.7 Å². The minimum atomic E-state index is -0.591. The number of hydrogen-bond acceptors (Lipinski definition) is 7. The van der Waals surface area contributed by atoms with Crippen molar-refractivity contribution in [3.8, 4) is 0 Å². The van der Waals surface area contributed by atoms with Crippen molar-refractivity contribution in [2.75, 3.05) is 57.3 Å². The molecule has 0 bridgehead atoms. The van der Waals surface area contributed by atoms with Gasteiger partial charge >= 0.3 is 6.09 Å². The predicted octanol–water partition coefficient (Wildman–Crippen LogP) is 4.04. The van der Waals surface area contributed by atoms with E-state index in [2.05, 4.69) is 42.0 Å². The van der Waals surface area contributed by atoms with E-state index in [1.54, 1.807) is 17.0 Å². The summed E-state index contributed by atoms with van der Waals surface area (Å²) < 4.78 is 19.2. The molecular weight excluding hydrogens is 559 g/mol. The highest BCUT2D eigenvalue weighted by atomic mass is 19.1. The lowest BCUT2D eigenvalue weighted by atomic mass is 9.91. The molecule has 240 valence electrons. The number of benzene rings is 1. The zero-order valence-electron chi connectivity index (χ0n) is 27.4. The molecule has 2 fully saturated rings. The smallest absolute Gasteiger partial charge is 0.410 e. The van der Waals surface area contributed by atoms with Crippen molar-refractivity contribution in [1.82, 2.24) is 25.0 Å². The SMILES string of the molecule is CC1CNCCN1C[C@H]1CN(C(=O)OC(C)(C)C)[C@H](C)CN1C(=O)CN1CC(C)(C)c2ncc(Cc3ccc(F)cc3)cc21. The lowest BCUT2D eigenvalue weighted by Crippen LogP contribution is -2.65. The molecule has 4 heterocycles. The molecule has 1 aromatic carbocycles. The maximum atomic E-state index is 14.2. The molecule has 3 aliphatic rings. The Morgan fingerprint density at radius 3 is 2.48 bits per heavy atom. The predicted molar refractivity (Wildman–Crippen MR) is 170 cm³/mol. The highest BCUT2D eigenvalue weighted by Crippen LogP contribution is 2.39. The van der Waals surface area contributed by atoms with Gasteiger partial charge in [-0.05, 0) is 70.4 Å². The molecule has 9 nitrogen and oxygen atoms in total. The number of pyridine rings is 1. The van der Waals surface area contributed by atoms with E-state index in [-0.39, 0.29) is 41.9 Å². The van der Waals surface area contributed by atoms with E-state index in [0.717, 1.165) is 42.1 Å². The number of rotatable bonds is 6. The minimum Gasteiger partial charge on any atom is -0.444 e. The Kier molecular flexibility index (Phi) is 9.23. The number of nitrogens with zero attached hydrogens (tertiary/aromatic N) is 5. The van der Waals surface area contributed by atoms with Crippen LogP contribution in [0.3, 0.4) is 0 Å². The maximum Gasteiger partial charge on any atom is 0.410 e. The number of carbonyl (C=O) groups is 2. The molecule has 1 N–H and O–H groups in total. The van der Waals surface area contributed by atoms with Crippen molar-refractivity contribution in [1.29, 1.82) is 0 Å². The van der Waals surface area contributed by atoms with Crippen molar-refractivity contribution in [3.05, 3.63) is 59.2 Å².